The van der Waals surface area contributed by atoms with Crippen LogP contribution in [0.15, 0.2) is 54.9 Å². The van der Waals surface area contributed by atoms with E-state index in [-0.39, 0.29) is 6.04 Å². The van der Waals surface area contributed by atoms with Crippen LogP contribution in [0.25, 0.3) is 0 Å². The van der Waals surface area contributed by atoms with E-state index in [1.807, 2.05) is 42.7 Å². The molecule has 1 heterocycles. The standard InChI is InChI=1S/C12H14N2/c13-10-12(14-8-4-5-9-14)11-6-2-1-3-7-11/h1-9,12H,10,13H2/t12-/m1/s1. The van der Waals surface area contributed by atoms with Crippen LogP contribution in [0.1, 0.15) is 11.6 Å². The number of hydrogen-bond donors (Lipinski definition) is 1. The van der Waals surface area contributed by atoms with Gasteiger partial charge < -0.3 is 10.3 Å². The Balaban J connectivity index is 2.31. The van der Waals surface area contributed by atoms with Crippen molar-refractivity contribution in [1.29, 1.82) is 0 Å². The van der Waals surface area contributed by atoms with Crippen molar-refractivity contribution < 1.29 is 0 Å². The number of hydrogen-bond acceptors (Lipinski definition) is 1. The van der Waals surface area contributed by atoms with Crippen LogP contribution in [-0.2, 0) is 0 Å². The molecule has 0 aliphatic heterocycles. The van der Waals surface area contributed by atoms with Crippen LogP contribution < -0.4 is 5.73 Å². The normalized spacial score (nSPS) is 12.6. The van der Waals surface area contributed by atoms with Gasteiger partial charge in [-0.25, -0.2) is 0 Å². The van der Waals surface area contributed by atoms with Gasteiger partial charge in [-0.05, 0) is 17.7 Å². The zero-order chi connectivity index (χ0) is 9.80. The lowest BCUT2D eigenvalue weighted by atomic mass is 10.1. The zero-order valence-electron chi connectivity index (χ0n) is 8.01. The molecule has 2 aromatic rings. The fourth-order valence-electron chi connectivity index (χ4n) is 1.66. The summed E-state index contributed by atoms with van der Waals surface area (Å²) in [5.41, 5.74) is 7.03. The van der Waals surface area contributed by atoms with E-state index < -0.39 is 0 Å². The van der Waals surface area contributed by atoms with E-state index in [1.54, 1.807) is 0 Å². The molecule has 1 atom stereocenters. The molecule has 2 heteroatoms. The first-order valence-corrected chi connectivity index (χ1v) is 4.79. The first-order chi connectivity index (χ1) is 6.92. The molecule has 0 aliphatic rings. The molecule has 0 radical (unpaired) electrons. The molecule has 0 saturated carbocycles. The predicted octanol–water partition coefficient (Wildman–Crippen LogP) is 2.04. The van der Waals surface area contributed by atoms with Gasteiger partial charge >= 0.3 is 0 Å². The highest BCUT2D eigenvalue weighted by molar-refractivity contribution is 5.20. The molecule has 2 nitrogen and oxygen atoms in total. The second-order valence-corrected chi connectivity index (χ2v) is 3.29. The van der Waals surface area contributed by atoms with Crippen molar-refractivity contribution in [3.8, 4) is 0 Å². The van der Waals surface area contributed by atoms with Gasteiger partial charge in [-0.2, -0.15) is 0 Å². The fourth-order valence-corrected chi connectivity index (χ4v) is 1.66. The van der Waals surface area contributed by atoms with Crippen LogP contribution in [0.3, 0.4) is 0 Å². The smallest absolute Gasteiger partial charge is 0.0702 e. The van der Waals surface area contributed by atoms with Crippen molar-refractivity contribution in [3.63, 3.8) is 0 Å². The molecule has 0 aliphatic carbocycles. The third-order valence-electron chi connectivity index (χ3n) is 2.40. The van der Waals surface area contributed by atoms with Crippen LogP contribution >= 0.6 is 0 Å². The van der Waals surface area contributed by atoms with Crippen LogP contribution in [0, 0.1) is 0 Å². The van der Waals surface area contributed by atoms with Crippen LogP contribution in [0.2, 0.25) is 0 Å². The molecule has 0 amide bonds. The zero-order valence-corrected chi connectivity index (χ0v) is 8.01. The van der Waals surface area contributed by atoms with Gasteiger partial charge in [-0.15, -0.1) is 0 Å². The molecule has 0 spiro atoms. The second-order valence-electron chi connectivity index (χ2n) is 3.29. The van der Waals surface area contributed by atoms with E-state index >= 15 is 0 Å². The Morgan fingerprint density at radius 2 is 1.64 bits per heavy atom. The molecule has 0 saturated heterocycles. The van der Waals surface area contributed by atoms with E-state index in [0.29, 0.717) is 6.54 Å². The molecule has 14 heavy (non-hydrogen) atoms. The van der Waals surface area contributed by atoms with Crippen molar-refractivity contribution in [2.24, 2.45) is 5.73 Å². The van der Waals surface area contributed by atoms with E-state index in [9.17, 15) is 0 Å². The maximum absolute atomic E-state index is 5.78. The van der Waals surface area contributed by atoms with Crippen LogP contribution in [0.5, 0.6) is 0 Å². The summed E-state index contributed by atoms with van der Waals surface area (Å²) in [4.78, 5) is 0. The van der Waals surface area contributed by atoms with Gasteiger partial charge in [-0.3, -0.25) is 0 Å². The van der Waals surface area contributed by atoms with Gasteiger partial charge in [-0.1, -0.05) is 30.3 Å². The Labute approximate surface area is 84.0 Å². The molecule has 1 aromatic carbocycles. The fraction of sp³-hybridized carbons (Fsp3) is 0.167. The highest BCUT2D eigenvalue weighted by Gasteiger charge is 2.08. The lowest BCUT2D eigenvalue weighted by Gasteiger charge is -2.17. The molecule has 2 rings (SSSR count). The molecule has 2 N–H and O–H groups in total. The lowest BCUT2D eigenvalue weighted by molar-refractivity contribution is 0.598. The summed E-state index contributed by atoms with van der Waals surface area (Å²) < 4.78 is 2.13. The van der Waals surface area contributed by atoms with Gasteiger partial charge in [0.2, 0.25) is 0 Å². The lowest BCUT2D eigenvalue weighted by Crippen LogP contribution is -2.18. The van der Waals surface area contributed by atoms with Crippen molar-refractivity contribution in [1.82, 2.24) is 4.57 Å². The minimum absolute atomic E-state index is 0.256. The minimum Gasteiger partial charge on any atom is -0.346 e. The molecule has 0 bridgehead atoms. The minimum atomic E-state index is 0.256. The SMILES string of the molecule is NC[C@H](c1ccccc1)n1cccc1. The van der Waals surface area contributed by atoms with Crippen molar-refractivity contribution in [2.45, 2.75) is 6.04 Å². The number of nitrogens with zero attached hydrogens (tertiary/aromatic N) is 1. The first kappa shape index (κ1) is 9.03. The monoisotopic (exact) mass is 186 g/mol. The summed E-state index contributed by atoms with van der Waals surface area (Å²) in [5.74, 6) is 0. The number of benzene rings is 1. The summed E-state index contributed by atoms with van der Waals surface area (Å²) in [6.45, 7) is 0.624. The van der Waals surface area contributed by atoms with E-state index in [1.165, 1.54) is 5.56 Å². The summed E-state index contributed by atoms with van der Waals surface area (Å²) in [6.07, 6.45) is 4.09. The average molecular weight is 186 g/mol. The Morgan fingerprint density at radius 1 is 1.00 bits per heavy atom. The van der Waals surface area contributed by atoms with Crippen molar-refractivity contribution in [2.75, 3.05) is 6.54 Å². The molecule has 0 fully saturated rings. The summed E-state index contributed by atoms with van der Waals surface area (Å²) in [5, 5.41) is 0. The average Bonchev–Trinajstić information content (AvgIpc) is 2.74. The quantitative estimate of drug-likeness (QED) is 0.781. The maximum Gasteiger partial charge on any atom is 0.0702 e. The van der Waals surface area contributed by atoms with Gasteiger partial charge in [0.25, 0.3) is 0 Å². The maximum atomic E-state index is 5.78. The van der Waals surface area contributed by atoms with Crippen molar-refractivity contribution in [3.05, 3.63) is 60.4 Å². The predicted molar refractivity (Wildman–Crippen MR) is 58.1 cm³/mol. The number of aromatic nitrogens is 1. The van der Waals surface area contributed by atoms with Gasteiger partial charge in [0.05, 0.1) is 6.04 Å². The van der Waals surface area contributed by atoms with E-state index in [2.05, 4.69) is 16.7 Å². The molecule has 1 aromatic heterocycles. The van der Waals surface area contributed by atoms with E-state index in [4.69, 9.17) is 5.73 Å². The molecule has 72 valence electrons. The third kappa shape index (κ3) is 1.70. The highest BCUT2D eigenvalue weighted by atomic mass is 15.0. The summed E-state index contributed by atoms with van der Waals surface area (Å²) >= 11 is 0. The molecular formula is C12H14N2. The number of rotatable bonds is 3. The Kier molecular flexibility index (Phi) is 2.65. The Morgan fingerprint density at radius 3 is 2.21 bits per heavy atom. The first-order valence-electron chi connectivity index (χ1n) is 4.79. The van der Waals surface area contributed by atoms with E-state index in [0.717, 1.165) is 0 Å². The van der Waals surface area contributed by atoms with Crippen molar-refractivity contribution >= 4 is 0 Å². The highest BCUT2D eigenvalue weighted by Crippen LogP contribution is 2.16. The second kappa shape index (κ2) is 4.11. The van der Waals surface area contributed by atoms with Gasteiger partial charge in [0.1, 0.15) is 0 Å². The van der Waals surface area contributed by atoms with Gasteiger partial charge in [0, 0.05) is 18.9 Å². The number of nitrogens with two attached hydrogens (primary N) is 1. The van der Waals surface area contributed by atoms with Crippen LogP contribution in [-0.4, -0.2) is 11.1 Å². The summed E-state index contributed by atoms with van der Waals surface area (Å²) in [7, 11) is 0. The largest absolute Gasteiger partial charge is 0.346 e. The third-order valence-corrected chi connectivity index (χ3v) is 2.40. The molecule has 0 unspecified atom stereocenters. The Bertz CT molecular complexity index is 364. The van der Waals surface area contributed by atoms with Crippen LogP contribution in [0.4, 0.5) is 0 Å². The Hall–Kier alpha value is -1.54. The summed E-state index contributed by atoms with van der Waals surface area (Å²) in [6, 6.07) is 14.6. The topological polar surface area (TPSA) is 30.9 Å². The van der Waals surface area contributed by atoms with Gasteiger partial charge in [0.15, 0.2) is 0 Å². The molecular weight excluding hydrogens is 172 g/mol.